The van der Waals surface area contributed by atoms with Crippen LogP contribution < -0.4 is 0 Å². The highest BCUT2D eigenvalue weighted by Crippen LogP contribution is 2.55. The van der Waals surface area contributed by atoms with E-state index < -0.39 is 99.9 Å². The average molecular weight is 1520 g/mol. The molecule has 107 heavy (non-hydrogen) atoms. The lowest BCUT2D eigenvalue weighted by atomic mass is 9.58. The minimum Gasteiger partial charge on any atom is -0.171 e. The number of halogens is 3. The van der Waals surface area contributed by atoms with Crippen molar-refractivity contribution in [2.75, 3.05) is 0 Å². The lowest BCUT2D eigenvalue weighted by molar-refractivity contribution is -0.223. The Bertz CT molecular complexity index is 4050. The minimum atomic E-state index is -4.41. The third-order valence-electron chi connectivity index (χ3n) is 26.5. The first-order chi connectivity index (χ1) is 59.5. The van der Waals surface area contributed by atoms with Crippen molar-refractivity contribution >= 4 is 0 Å². The molecule has 6 aliphatic carbocycles. The monoisotopic (exact) mass is 1520 g/mol. The second-order valence-corrected chi connectivity index (χ2v) is 38.9. The molecule has 0 aliphatic heterocycles. The first kappa shape index (κ1) is 62.8. The maximum absolute atomic E-state index is 12.7. The zero-order valence-electron chi connectivity index (χ0n) is 105. The third-order valence-corrected chi connectivity index (χ3v) is 26.5. The summed E-state index contributed by atoms with van der Waals surface area (Å²) in [7, 11) is 0. The van der Waals surface area contributed by atoms with E-state index in [9.17, 15) is 13.2 Å². The highest BCUT2D eigenvalue weighted by molar-refractivity contribution is 5.44. The molecule has 1 spiro atoms. The molecule has 6 saturated carbocycles. The Morgan fingerprint density at radius 2 is 0.804 bits per heavy atom. The first-order valence-corrected chi connectivity index (χ1v) is 41.5. The topological polar surface area (TPSA) is 0 Å². The summed E-state index contributed by atoms with van der Waals surface area (Å²) in [4.78, 5) is 0. The van der Waals surface area contributed by atoms with Crippen LogP contribution >= 0.6 is 0 Å². The second kappa shape index (κ2) is 44.4. The number of aryl methyl sites for hydroxylation is 1. The van der Waals surface area contributed by atoms with Crippen LogP contribution in [0.5, 0.6) is 0 Å². The van der Waals surface area contributed by atoms with Crippen LogP contribution in [0.25, 0.3) is 0 Å². The van der Waals surface area contributed by atoms with Crippen LogP contribution in [0.2, 0.25) is 0 Å². The summed E-state index contributed by atoms with van der Waals surface area (Å²) in [6.07, 6.45) is 18.3. The molecule has 0 N–H and O–H groups in total. The largest absolute Gasteiger partial charge is 0.394 e. The fraction of sp³-hybridized carbons (Fsp3) is 0.827. The van der Waals surface area contributed by atoms with Gasteiger partial charge in [-0.25, -0.2) is 0 Å². The quantitative estimate of drug-likeness (QED) is 0.179. The Morgan fingerprint density at radius 1 is 0.439 bits per heavy atom. The minimum absolute atomic E-state index is 0.0347. The third kappa shape index (κ3) is 33.1. The highest BCUT2D eigenvalue weighted by atomic mass is 19.4. The Kier molecular flexibility index (Phi) is 26.0. The van der Waals surface area contributed by atoms with Gasteiger partial charge in [0, 0.05) is 39.8 Å². The van der Waals surface area contributed by atoms with E-state index in [0.29, 0.717) is 40.1 Å². The van der Waals surface area contributed by atoms with E-state index in [-0.39, 0.29) is 85.6 Å². The van der Waals surface area contributed by atoms with Crippen molar-refractivity contribution in [1.82, 2.24) is 0 Å². The average Bonchev–Trinajstić information content (AvgIpc) is 1.29. The van der Waals surface area contributed by atoms with Crippen LogP contribution in [0.4, 0.5) is 13.2 Å². The first-order valence-electron chi connectivity index (χ1n) is 56.0. The van der Waals surface area contributed by atoms with E-state index in [1.165, 1.54) is 140 Å². The smallest absolute Gasteiger partial charge is 0.171 e. The molecule has 0 heterocycles. The Morgan fingerprint density at radius 3 is 1.11 bits per heavy atom. The van der Waals surface area contributed by atoms with Crippen LogP contribution in [0.3, 0.4) is 0 Å². The Hall–Kier alpha value is -2.55. The number of hydrogen-bond acceptors (Lipinski definition) is 0. The molecular weight excluding hydrogens is 1310 g/mol. The Balaban J connectivity index is 0.000000784. The van der Waals surface area contributed by atoms with Gasteiger partial charge in [0.15, 0.2) is 0 Å². The molecule has 6 aliphatic rings. The normalized spacial score (nSPS) is 29.0. The molecule has 5 unspecified atom stereocenters. The second-order valence-electron chi connectivity index (χ2n) is 38.9. The molecule has 3 heteroatoms. The molecule has 6 fully saturated rings. The summed E-state index contributed by atoms with van der Waals surface area (Å²) >= 11 is 0. The molecule has 0 nitrogen and oxygen atoms in total. The van der Waals surface area contributed by atoms with E-state index in [1.807, 2.05) is 41.5 Å². The number of hydrogen-bond donors (Lipinski definition) is 0. The molecule has 3 aromatic rings. The molecule has 3 aromatic carbocycles. The van der Waals surface area contributed by atoms with Gasteiger partial charge in [0.2, 0.25) is 0 Å². The maximum atomic E-state index is 12.7. The fourth-order valence-electron chi connectivity index (χ4n) is 16.4. The zero-order valence-corrected chi connectivity index (χ0v) is 75.7. The molecule has 0 saturated heterocycles. The van der Waals surface area contributed by atoms with Gasteiger partial charge in [0.1, 0.15) is 0 Å². The molecule has 0 amide bonds. The standard InChI is InChI=1S/C17H28.C16H26.C14H26.C13H20.2C11H22.C8H13F3.C8H16.C6H14/c1-11(2)15-9-14(17(6,7)8)10-16(12(3)4)13(15)5;1-10(2)14-8-15(11(3)4)13(7)16(9-14)12(5)6;1-12-4-6-14(7-5-12)10-8-13(2,3)9-11-14;1-9(2)12-7-6-11(5)13(8-12)10(3)4;2*1-9-10(2,3)7-6-8-11(9,4)5;1-2-7(8(9,10)11)5-3-4-6-7;1-3-8(2)6-4-5-7-8;1-4-6(3)5-2/h9-12H,1-8H3;8-12H,1-7H3;12H,4-11H2,1-3H3;6-10H,1-5H3;2*9H,6-8H2,1-5H3;2-6H2,1H3;3-7H2,1-2H3;6H,4-5H2,1-3H3/i11D,12D;1D3,3D3,5D3,10D,11D,12D;12D;1D3,3D3,9D,10D;9D;;2D2;3D2;6D. The molecule has 0 aromatic heterocycles. The van der Waals surface area contributed by atoms with Crippen LogP contribution in [0.15, 0.2) is 42.5 Å². The van der Waals surface area contributed by atoms with Crippen LogP contribution in [0, 0.1) is 87.7 Å². The predicted octanol–water partition coefficient (Wildman–Crippen LogP) is 36.6. The molecule has 5 atom stereocenters. The van der Waals surface area contributed by atoms with Gasteiger partial charge in [-0.1, -0.05) is 362 Å². The van der Waals surface area contributed by atoms with Crippen molar-refractivity contribution in [2.45, 2.75) is 489 Å². The van der Waals surface area contributed by atoms with Gasteiger partial charge in [-0.05, 0) is 286 Å². The maximum Gasteiger partial charge on any atom is 0.394 e. The van der Waals surface area contributed by atoms with Crippen LogP contribution in [-0.4, -0.2) is 6.18 Å². The number of benzene rings is 3. The molecule has 0 radical (unpaired) electrons. The summed E-state index contributed by atoms with van der Waals surface area (Å²) in [6.45, 7) is 52.7. The van der Waals surface area contributed by atoms with Crippen molar-refractivity contribution in [3.8, 4) is 0 Å². The van der Waals surface area contributed by atoms with Gasteiger partial charge in [-0.2, -0.15) is 13.2 Å². The van der Waals surface area contributed by atoms with Crippen LogP contribution in [-0.2, 0) is 5.41 Å². The number of alkyl halides is 3. The van der Waals surface area contributed by atoms with E-state index >= 15 is 0 Å². The van der Waals surface area contributed by atoms with Crippen LogP contribution in [0.1, 0.15) is 558 Å². The highest BCUT2D eigenvalue weighted by Gasteiger charge is 2.54. The van der Waals surface area contributed by atoms with Gasteiger partial charge < -0.3 is 0 Å². The summed E-state index contributed by atoms with van der Waals surface area (Å²) in [5.41, 5.74) is 5.73. The van der Waals surface area contributed by atoms with E-state index in [4.69, 9.17) is 39.8 Å². The van der Waals surface area contributed by atoms with Gasteiger partial charge >= 0.3 is 6.18 Å². The zero-order chi connectivity index (χ0) is 108. The molecular formula is C104H187F3. The molecule has 624 valence electrons. The van der Waals surface area contributed by atoms with Crippen molar-refractivity contribution in [3.05, 3.63) is 104 Å². The molecule has 0 bridgehead atoms. The van der Waals surface area contributed by atoms with Gasteiger partial charge in [-0.15, -0.1) is 0 Å². The van der Waals surface area contributed by atoms with Crippen molar-refractivity contribution in [2.24, 2.45) is 66.9 Å². The van der Waals surface area contributed by atoms with Gasteiger partial charge in [0.25, 0.3) is 0 Å². The van der Waals surface area contributed by atoms with E-state index in [1.54, 1.807) is 19.9 Å². The summed E-state index contributed by atoms with van der Waals surface area (Å²) < 4.78 is 264. The number of rotatable bonds is 11. The Labute approximate surface area is 710 Å². The van der Waals surface area contributed by atoms with Gasteiger partial charge in [0.05, 0.1) is 5.41 Å². The van der Waals surface area contributed by atoms with Crippen molar-refractivity contribution in [3.63, 3.8) is 0 Å². The van der Waals surface area contributed by atoms with Crippen molar-refractivity contribution < 1.29 is 52.9 Å². The van der Waals surface area contributed by atoms with Gasteiger partial charge in [-0.3, -0.25) is 0 Å². The van der Waals surface area contributed by atoms with E-state index in [2.05, 4.69) is 144 Å². The SMILES string of the molecule is CC1C(C)(C)CCCC1(C)C.[2H]C(C)(C)c1cc(C(C)(C)C)cc(C([2H])(C)C)c1C.[2H]C(C)(CC)CC.[2H]C([2H])(C)C1(C(F)(F)F)CCCC1.[2H]C([2H])(C)C1(C)CCCC1.[2H]C([2H])([2H])C([2H])(C)c1cc(C([2H])(C)C([2H])([2H])[2H])c(C)c(C([2H])(C)C([2H])([2H])[2H])c1.[2H]C([2H])([2H])C([2H])(C)c1ccc(C)c(C([2H])(C)C([2H])([2H])[2H])c1.[2H]C1(C)C(C)(C)CCCC1(C)C.[2H]C1(C)CCC2(CC1)CCC(C)(C)CC2. The summed E-state index contributed by atoms with van der Waals surface area (Å²) in [6, 6.07) is 11.1. The summed E-state index contributed by atoms with van der Waals surface area (Å²) in [5, 5.41) is 0. The van der Waals surface area contributed by atoms with Crippen molar-refractivity contribution in [1.29, 1.82) is 0 Å². The lowest BCUT2D eigenvalue weighted by Gasteiger charge is -2.47. The fourth-order valence-corrected chi connectivity index (χ4v) is 16.4. The lowest BCUT2D eigenvalue weighted by Crippen LogP contribution is -2.38. The predicted molar refractivity (Wildman–Crippen MR) is 478 cm³/mol. The summed E-state index contributed by atoms with van der Waals surface area (Å²) in [5.74, 6) is -11.3. The van der Waals surface area contributed by atoms with E-state index in [0.717, 1.165) is 88.8 Å². The molecule has 9 rings (SSSR count).